The van der Waals surface area contributed by atoms with Crippen molar-refractivity contribution in [1.82, 2.24) is 15.0 Å². The van der Waals surface area contributed by atoms with Gasteiger partial charge >= 0.3 is 0 Å². The molecular weight excluding hydrogens is 164 g/mol. The van der Waals surface area contributed by atoms with Crippen LogP contribution in [0.15, 0.2) is 12.4 Å². The maximum Gasteiger partial charge on any atom is 0.252 e. The summed E-state index contributed by atoms with van der Waals surface area (Å²) in [5.41, 5.74) is 0. The van der Waals surface area contributed by atoms with Crippen LogP contribution in [0.1, 0.15) is 12.8 Å². The van der Waals surface area contributed by atoms with Crippen molar-refractivity contribution in [3.63, 3.8) is 0 Å². The quantitative estimate of drug-likeness (QED) is 0.675. The summed E-state index contributed by atoms with van der Waals surface area (Å²) in [5.74, 6) is -3.06. The summed E-state index contributed by atoms with van der Waals surface area (Å²) in [7, 11) is 0. The van der Waals surface area contributed by atoms with Gasteiger partial charge in [-0.1, -0.05) is 0 Å². The highest BCUT2D eigenvalue weighted by molar-refractivity contribution is 4.87. The van der Waals surface area contributed by atoms with Crippen molar-refractivity contribution < 1.29 is 8.78 Å². The minimum absolute atomic E-state index is 0.0128. The molecule has 5 heteroatoms. The largest absolute Gasteiger partial charge is 0.252 e. The number of rotatable bonds is 2. The second-order valence-corrected chi connectivity index (χ2v) is 3.08. The van der Waals surface area contributed by atoms with Crippen molar-refractivity contribution in [2.24, 2.45) is 5.92 Å². The molecule has 1 heterocycles. The summed E-state index contributed by atoms with van der Waals surface area (Å²) in [4.78, 5) is 1.32. The maximum atomic E-state index is 12.7. The Morgan fingerprint density at radius 2 is 2.08 bits per heavy atom. The van der Waals surface area contributed by atoms with E-state index in [4.69, 9.17) is 0 Å². The van der Waals surface area contributed by atoms with Gasteiger partial charge in [-0.3, -0.25) is 0 Å². The molecule has 2 rings (SSSR count). The van der Waals surface area contributed by atoms with E-state index >= 15 is 0 Å². The molecule has 1 atom stereocenters. The van der Waals surface area contributed by atoms with E-state index in [0.717, 1.165) is 0 Å². The Morgan fingerprint density at radius 3 is 2.50 bits per heavy atom. The van der Waals surface area contributed by atoms with Crippen LogP contribution in [0.3, 0.4) is 0 Å². The lowest BCUT2D eigenvalue weighted by Gasteiger charge is -2.35. The molecule has 3 nitrogen and oxygen atoms in total. The molecule has 1 aromatic rings. The predicted molar refractivity (Wildman–Crippen MR) is 37.7 cm³/mol. The molecule has 0 aliphatic heterocycles. The minimum Gasteiger partial charge on any atom is -0.207 e. The zero-order chi connectivity index (χ0) is 8.60. The van der Waals surface area contributed by atoms with Crippen molar-refractivity contribution in [2.45, 2.75) is 25.3 Å². The Morgan fingerprint density at radius 1 is 1.42 bits per heavy atom. The second kappa shape index (κ2) is 2.50. The van der Waals surface area contributed by atoms with Crippen LogP contribution in [0, 0.1) is 5.92 Å². The van der Waals surface area contributed by atoms with Gasteiger partial charge in [0.15, 0.2) is 0 Å². The van der Waals surface area contributed by atoms with Gasteiger partial charge in [-0.15, -0.1) is 0 Å². The monoisotopic (exact) mass is 173 g/mol. The molecule has 12 heavy (non-hydrogen) atoms. The standard InChI is InChI=1S/C7H9F2N3/c8-7(9)2-1-6(7)5-12-10-3-4-11-12/h3-4,6H,1-2,5H2. The van der Waals surface area contributed by atoms with Crippen molar-refractivity contribution in [2.75, 3.05) is 0 Å². The Hall–Kier alpha value is -1.00. The zero-order valence-corrected chi connectivity index (χ0v) is 6.45. The number of halogens is 2. The van der Waals surface area contributed by atoms with Crippen molar-refractivity contribution in [3.8, 4) is 0 Å². The summed E-state index contributed by atoms with van der Waals surface area (Å²) in [6.45, 7) is 0.236. The van der Waals surface area contributed by atoms with Crippen LogP contribution in [0.25, 0.3) is 0 Å². The fraction of sp³-hybridized carbons (Fsp3) is 0.714. The molecule has 0 aromatic carbocycles. The topological polar surface area (TPSA) is 30.7 Å². The van der Waals surface area contributed by atoms with Gasteiger partial charge < -0.3 is 0 Å². The number of hydrogen-bond acceptors (Lipinski definition) is 2. The van der Waals surface area contributed by atoms with Gasteiger partial charge in [0.05, 0.1) is 18.9 Å². The lowest BCUT2D eigenvalue weighted by atomic mass is 9.81. The fourth-order valence-electron chi connectivity index (χ4n) is 1.33. The van der Waals surface area contributed by atoms with Gasteiger partial charge in [0.25, 0.3) is 5.92 Å². The summed E-state index contributed by atoms with van der Waals surface area (Å²) in [5, 5.41) is 7.55. The van der Waals surface area contributed by atoms with Crippen LogP contribution in [-0.2, 0) is 6.54 Å². The van der Waals surface area contributed by atoms with Crippen LogP contribution >= 0.6 is 0 Å². The van der Waals surface area contributed by atoms with E-state index in [-0.39, 0.29) is 13.0 Å². The van der Waals surface area contributed by atoms with E-state index in [1.807, 2.05) is 0 Å². The number of aromatic nitrogens is 3. The molecule has 0 radical (unpaired) electrons. The van der Waals surface area contributed by atoms with Gasteiger partial charge in [-0.25, -0.2) is 8.78 Å². The lowest BCUT2D eigenvalue weighted by molar-refractivity contribution is -0.139. The number of alkyl halides is 2. The third-order valence-electron chi connectivity index (χ3n) is 2.27. The third kappa shape index (κ3) is 1.19. The summed E-state index contributed by atoms with van der Waals surface area (Å²) < 4.78 is 25.5. The fourth-order valence-corrected chi connectivity index (χ4v) is 1.33. The molecular formula is C7H9F2N3. The number of nitrogens with zero attached hydrogens (tertiary/aromatic N) is 3. The predicted octanol–water partition coefficient (Wildman–Crippen LogP) is 1.32. The van der Waals surface area contributed by atoms with Crippen molar-refractivity contribution >= 4 is 0 Å². The first-order valence-electron chi connectivity index (χ1n) is 3.90. The molecule has 0 bridgehead atoms. The minimum atomic E-state index is -2.49. The molecule has 1 fully saturated rings. The maximum absolute atomic E-state index is 12.7. The van der Waals surface area contributed by atoms with E-state index in [1.165, 1.54) is 17.2 Å². The lowest BCUT2D eigenvalue weighted by Crippen LogP contribution is -2.41. The highest BCUT2D eigenvalue weighted by Gasteiger charge is 2.48. The Balaban J connectivity index is 1.97. The molecule has 0 spiro atoms. The van der Waals surface area contributed by atoms with Crippen molar-refractivity contribution in [3.05, 3.63) is 12.4 Å². The van der Waals surface area contributed by atoms with Gasteiger partial charge in [-0.05, 0) is 6.42 Å². The van der Waals surface area contributed by atoms with E-state index in [1.54, 1.807) is 0 Å². The first-order chi connectivity index (χ1) is 5.68. The van der Waals surface area contributed by atoms with Gasteiger partial charge in [0.1, 0.15) is 0 Å². The Labute approximate surface area is 68.4 Å². The molecule has 0 amide bonds. The molecule has 1 saturated carbocycles. The van der Waals surface area contributed by atoms with E-state index in [0.29, 0.717) is 6.42 Å². The first-order valence-corrected chi connectivity index (χ1v) is 3.90. The molecule has 0 N–H and O–H groups in total. The van der Waals surface area contributed by atoms with Gasteiger partial charge in [0.2, 0.25) is 0 Å². The molecule has 1 aromatic heterocycles. The van der Waals surface area contributed by atoms with Crippen LogP contribution in [0.2, 0.25) is 0 Å². The van der Waals surface area contributed by atoms with Crippen LogP contribution < -0.4 is 0 Å². The highest BCUT2D eigenvalue weighted by Crippen LogP contribution is 2.43. The van der Waals surface area contributed by atoms with E-state index in [9.17, 15) is 8.78 Å². The number of hydrogen-bond donors (Lipinski definition) is 0. The smallest absolute Gasteiger partial charge is 0.207 e. The molecule has 66 valence electrons. The zero-order valence-electron chi connectivity index (χ0n) is 6.45. The highest BCUT2D eigenvalue weighted by atomic mass is 19.3. The second-order valence-electron chi connectivity index (χ2n) is 3.08. The SMILES string of the molecule is FC1(F)CCC1Cn1nccn1. The Kier molecular flexibility index (Phi) is 1.59. The van der Waals surface area contributed by atoms with Crippen LogP contribution in [0.4, 0.5) is 8.78 Å². The van der Waals surface area contributed by atoms with Crippen molar-refractivity contribution in [1.29, 1.82) is 0 Å². The van der Waals surface area contributed by atoms with E-state index in [2.05, 4.69) is 10.2 Å². The Bertz CT molecular complexity index is 258. The normalized spacial score (nSPS) is 26.7. The van der Waals surface area contributed by atoms with E-state index < -0.39 is 11.8 Å². The van der Waals surface area contributed by atoms with Crippen LogP contribution in [-0.4, -0.2) is 20.9 Å². The molecule has 0 saturated heterocycles. The summed E-state index contributed by atoms with van der Waals surface area (Å²) in [6.07, 6.45) is 3.58. The third-order valence-corrected chi connectivity index (χ3v) is 2.27. The average molecular weight is 173 g/mol. The van der Waals surface area contributed by atoms with Crippen LogP contribution in [0.5, 0.6) is 0 Å². The first kappa shape index (κ1) is 7.64. The molecule has 1 aliphatic carbocycles. The molecule has 1 unspecified atom stereocenters. The average Bonchev–Trinajstić information content (AvgIpc) is 2.50. The van der Waals surface area contributed by atoms with Gasteiger partial charge in [-0.2, -0.15) is 15.0 Å². The summed E-state index contributed by atoms with van der Waals surface area (Å²) in [6, 6.07) is 0. The molecule has 1 aliphatic rings. The summed E-state index contributed by atoms with van der Waals surface area (Å²) >= 11 is 0. The van der Waals surface area contributed by atoms with Gasteiger partial charge in [0, 0.05) is 12.3 Å².